The van der Waals surface area contributed by atoms with Crippen molar-refractivity contribution >= 4 is 33.3 Å². The van der Waals surface area contributed by atoms with Crippen molar-refractivity contribution in [1.29, 1.82) is 0 Å². The number of thiazole rings is 1. The van der Waals surface area contributed by atoms with Gasteiger partial charge in [0.2, 0.25) is 15.9 Å². The van der Waals surface area contributed by atoms with Crippen LogP contribution in [0.4, 0.5) is 0 Å². The monoisotopic (exact) mass is 435 g/mol. The van der Waals surface area contributed by atoms with Gasteiger partial charge in [0.15, 0.2) is 0 Å². The number of sulfonamides is 1. The second kappa shape index (κ2) is 11.2. The molecule has 0 spiro atoms. The Morgan fingerprint density at radius 3 is 2.45 bits per heavy atom. The number of carbonyl (C=O) groups is 1. The summed E-state index contributed by atoms with van der Waals surface area (Å²) in [5.74, 6) is -0.157. The van der Waals surface area contributed by atoms with E-state index < -0.39 is 10.0 Å². The van der Waals surface area contributed by atoms with Crippen molar-refractivity contribution in [3.63, 3.8) is 0 Å². The Bertz CT molecular complexity index is 915. The molecule has 0 aliphatic carbocycles. The minimum atomic E-state index is -3.46. The summed E-state index contributed by atoms with van der Waals surface area (Å²) in [5.41, 5.74) is 1.83. The fourth-order valence-electron chi connectivity index (χ4n) is 2.82. The third-order valence-corrected chi connectivity index (χ3v) is 7.52. The zero-order valence-electron chi connectivity index (χ0n) is 17.2. The van der Waals surface area contributed by atoms with Crippen LogP contribution in [0.1, 0.15) is 43.0 Å². The molecule has 158 valence electrons. The van der Waals surface area contributed by atoms with Crippen molar-refractivity contribution < 1.29 is 13.2 Å². The molecule has 1 heterocycles. The van der Waals surface area contributed by atoms with Crippen LogP contribution in [0.2, 0.25) is 0 Å². The van der Waals surface area contributed by atoms with E-state index in [1.54, 1.807) is 41.7 Å². The third kappa shape index (κ3) is 7.06. The molecule has 1 aromatic carbocycles. The standard InChI is InChI=1S/C21H29N3O3S2/c1-4-24(5-2)29(26,27)19-12-9-18(10-13-19)11-14-20(25)22-15-7-6-8-21-23-17(3)16-28-21/h9-14,16H,4-8,15H2,1-3H3,(H,22,25)/b14-11+. The van der Waals surface area contributed by atoms with Gasteiger partial charge >= 0.3 is 0 Å². The summed E-state index contributed by atoms with van der Waals surface area (Å²) >= 11 is 1.68. The van der Waals surface area contributed by atoms with Gasteiger partial charge in [0.05, 0.1) is 9.90 Å². The molecule has 2 aromatic rings. The number of unbranched alkanes of at least 4 members (excludes halogenated alkanes) is 1. The second-order valence-corrected chi connectivity index (χ2v) is 9.50. The lowest BCUT2D eigenvalue weighted by atomic mass is 10.2. The van der Waals surface area contributed by atoms with Crippen LogP contribution >= 0.6 is 11.3 Å². The fraction of sp³-hybridized carbons (Fsp3) is 0.429. The Balaban J connectivity index is 1.78. The van der Waals surface area contributed by atoms with Crippen molar-refractivity contribution in [2.24, 2.45) is 0 Å². The molecule has 1 N–H and O–H groups in total. The largest absolute Gasteiger partial charge is 0.353 e. The van der Waals surface area contributed by atoms with Gasteiger partial charge in [-0.2, -0.15) is 4.31 Å². The molecule has 0 aliphatic rings. The number of aromatic nitrogens is 1. The van der Waals surface area contributed by atoms with E-state index in [2.05, 4.69) is 10.3 Å². The summed E-state index contributed by atoms with van der Waals surface area (Å²) in [6, 6.07) is 6.56. The molecular formula is C21H29N3O3S2. The highest BCUT2D eigenvalue weighted by atomic mass is 32.2. The Kier molecular flexibility index (Phi) is 9.00. The number of nitrogens with zero attached hydrogens (tertiary/aromatic N) is 2. The maximum atomic E-state index is 12.5. The Morgan fingerprint density at radius 1 is 1.17 bits per heavy atom. The molecule has 0 atom stereocenters. The van der Waals surface area contributed by atoms with Crippen LogP contribution in [-0.4, -0.2) is 43.2 Å². The van der Waals surface area contributed by atoms with E-state index in [0.717, 1.165) is 35.5 Å². The number of nitrogens with one attached hydrogen (secondary N) is 1. The fourth-order valence-corrected chi connectivity index (χ4v) is 5.10. The summed E-state index contributed by atoms with van der Waals surface area (Å²) in [6.45, 7) is 7.11. The summed E-state index contributed by atoms with van der Waals surface area (Å²) in [5, 5.41) is 6.05. The Labute approximate surface area is 177 Å². The van der Waals surface area contributed by atoms with Gasteiger partial charge < -0.3 is 5.32 Å². The predicted octanol–water partition coefficient (Wildman–Crippen LogP) is 3.63. The maximum Gasteiger partial charge on any atom is 0.243 e. The Morgan fingerprint density at radius 2 is 1.86 bits per heavy atom. The molecular weight excluding hydrogens is 406 g/mol. The first-order valence-corrected chi connectivity index (χ1v) is 12.2. The van der Waals surface area contributed by atoms with Crippen LogP contribution in [-0.2, 0) is 21.2 Å². The lowest BCUT2D eigenvalue weighted by Gasteiger charge is -2.18. The molecule has 0 unspecified atom stereocenters. The van der Waals surface area contributed by atoms with Crippen LogP contribution in [0.3, 0.4) is 0 Å². The zero-order valence-corrected chi connectivity index (χ0v) is 18.9. The van der Waals surface area contributed by atoms with Crippen LogP contribution in [0.5, 0.6) is 0 Å². The van der Waals surface area contributed by atoms with Crippen LogP contribution in [0, 0.1) is 6.92 Å². The second-order valence-electron chi connectivity index (χ2n) is 6.62. The summed E-state index contributed by atoms with van der Waals surface area (Å²) in [7, 11) is -3.46. The number of carbonyl (C=O) groups excluding carboxylic acids is 1. The van der Waals surface area contributed by atoms with E-state index in [1.165, 1.54) is 10.4 Å². The van der Waals surface area contributed by atoms with Gasteiger partial charge in [0.1, 0.15) is 0 Å². The van der Waals surface area contributed by atoms with Gasteiger partial charge in [0.25, 0.3) is 0 Å². The van der Waals surface area contributed by atoms with Crippen molar-refractivity contribution in [3.05, 3.63) is 52.0 Å². The normalized spacial score (nSPS) is 12.0. The van der Waals surface area contributed by atoms with Crippen LogP contribution in [0.25, 0.3) is 6.08 Å². The zero-order chi connectivity index (χ0) is 21.3. The highest BCUT2D eigenvalue weighted by Crippen LogP contribution is 2.16. The van der Waals surface area contributed by atoms with Crippen molar-refractivity contribution in [1.82, 2.24) is 14.6 Å². The van der Waals surface area contributed by atoms with Crippen LogP contribution < -0.4 is 5.32 Å². The maximum absolute atomic E-state index is 12.5. The van der Waals surface area contributed by atoms with Crippen molar-refractivity contribution in [2.75, 3.05) is 19.6 Å². The van der Waals surface area contributed by atoms with E-state index in [9.17, 15) is 13.2 Å². The summed E-state index contributed by atoms with van der Waals surface area (Å²) in [6.07, 6.45) is 5.97. The average molecular weight is 436 g/mol. The molecule has 0 saturated carbocycles. The van der Waals surface area contributed by atoms with Gasteiger partial charge in [-0.1, -0.05) is 26.0 Å². The number of hydrogen-bond acceptors (Lipinski definition) is 5. The first kappa shape index (κ1) is 23.3. The Hall–Kier alpha value is -2.03. The lowest BCUT2D eigenvalue weighted by molar-refractivity contribution is -0.116. The first-order chi connectivity index (χ1) is 13.9. The van der Waals surface area contributed by atoms with Gasteiger partial charge in [-0.25, -0.2) is 13.4 Å². The third-order valence-electron chi connectivity index (χ3n) is 4.43. The predicted molar refractivity (Wildman–Crippen MR) is 118 cm³/mol. The topological polar surface area (TPSA) is 79.4 Å². The number of amides is 1. The number of rotatable bonds is 11. The highest BCUT2D eigenvalue weighted by molar-refractivity contribution is 7.89. The molecule has 1 aromatic heterocycles. The van der Waals surface area contributed by atoms with E-state index >= 15 is 0 Å². The van der Waals surface area contributed by atoms with Gasteiger partial charge in [0, 0.05) is 36.8 Å². The van der Waals surface area contributed by atoms with E-state index in [1.807, 2.05) is 26.2 Å². The quantitative estimate of drug-likeness (QED) is 0.432. The van der Waals surface area contributed by atoms with E-state index in [4.69, 9.17) is 0 Å². The van der Waals surface area contributed by atoms with Crippen LogP contribution in [0.15, 0.2) is 40.6 Å². The molecule has 0 radical (unpaired) electrons. The van der Waals surface area contributed by atoms with Gasteiger partial charge in [-0.3, -0.25) is 4.79 Å². The first-order valence-electron chi connectivity index (χ1n) is 9.84. The summed E-state index contributed by atoms with van der Waals surface area (Å²) in [4.78, 5) is 16.6. The molecule has 0 fully saturated rings. The van der Waals surface area contributed by atoms with E-state index in [-0.39, 0.29) is 10.8 Å². The highest BCUT2D eigenvalue weighted by Gasteiger charge is 2.20. The van der Waals surface area contributed by atoms with Gasteiger partial charge in [-0.15, -0.1) is 11.3 Å². The van der Waals surface area contributed by atoms with Crippen molar-refractivity contribution in [2.45, 2.75) is 44.9 Å². The molecule has 6 nitrogen and oxygen atoms in total. The minimum absolute atomic E-state index is 0.157. The van der Waals surface area contributed by atoms with Gasteiger partial charge in [-0.05, 0) is 50.0 Å². The molecule has 0 saturated heterocycles. The van der Waals surface area contributed by atoms with Crippen molar-refractivity contribution in [3.8, 4) is 0 Å². The smallest absolute Gasteiger partial charge is 0.243 e. The van der Waals surface area contributed by atoms with E-state index in [0.29, 0.717) is 19.6 Å². The number of benzene rings is 1. The SMILES string of the molecule is CCN(CC)S(=O)(=O)c1ccc(/C=C/C(=O)NCCCCc2nc(C)cs2)cc1. The average Bonchev–Trinajstić information content (AvgIpc) is 3.12. The lowest BCUT2D eigenvalue weighted by Crippen LogP contribution is -2.30. The minimum Gasteiger partial charge on any atom is -0.353 e. The molecule has 1 amide bonds. The summed E-state index contributed by atoms with van der Waals surface area (Å²) < 4.78 is 26.4. The molecule has 29 heavy (non-hydrogen) atoms. The number of hydrogen-bond donors (Lipinski definition) is 1. The molecule has 2 rings (SSSR count). The molecule has 0 bridgehead atoms. The number of aryl methyl sites for hydroxylation is 2. The molecule has 0 aliphatic heterocycles. The molecule has 8 heteroatoms.